The van der Waals surface area contributed by atoms with Crippen molar-refractivity contribution < 1.29 is 5.11 Å². The van der Waals surface area contributed by atoms with Gasteiger partial charge in [-0.05, 0) is 49.8 Å². The van der Waals surface area contributed by atoms with Crippen LogP contribution in [0, 0.1) is 5.92 Å². The van der Waals surface area contributed by atoms with Crippen LogP contribution in [0.5, 0.6) is 0 Å². The first-order valence-corrected chi connectivity index (χ1v) is 7.51. The molecular weight excluding hydrogens is 248 g/mol. The summed E-state index contributed by atoms with van der Waals surface area (Å²) in [6.07, 6.45) is 6.81. The van der Waals surface area contributed by atoms with Gasteiger partial charge in [0, 0.05) is 6.20 Å². The van der Waals surface area contributed by atoms with E-state index in [0.717, 1.165) is 37.1 Å². The topological polar surface area (TPSA) is 38.1 Å². The van der Waals surface area contributed by atoms with Crippen molar-refractivity contribution >= 4 is 0 Å². The molecule has 0 radical (unpaired) electrons. The molecule has 20 heavy (non-hydrogen) atoms. The fourth-order valence-corrected chi connectivity index (χ4v) is 3.18. The number of aliphatic hydroxyl groups is 1. The molecule has 2 aromatic rings. The van der Waals surface area contributed by atoms with Crippen molar-refractivity contribution in [3.8, 4) is 5.69 Å². The smallest absolute Gasteiger partial charge is 0.107 e. The van der Waals surface area contributed by atoms with Gasteiger partial charge in [0.25, 0.3) is 0 Å². The SMILES string of the molecule is CC1CCCC(O)(c2ccnn2-c2ccccc2)CC1. The van der Waals surface area contributed by atoms with E-state index in [9.17, 15) is 5.11 Å². The molecule has 1 aliphatic carbocycles. The Morgan fingerprint density at radius 3 is 2.75 bits per heavy atom. The number of rotatable bonds is 2. The maximum atomic E-state index is 11.1. The molecular formula is C17H22N2O. The van der Waals surface area contributed by atoms with Crippen molar-refractivity contribution in [2.75, 3.05) is 0 Å². The summed E-state index contributed by atoms with van der Waals surface area (Å²) in [4.78, 5) is 0. The predicted molar refractivity (Wildman–Crippen MR) is 79.7 cm³/mol. The summed E-state index contributed by atoms with van der Waals surface area (Å²) < 4.78 is 1.88. The van der Waals surface area contributed by atoms with Crippen LogP contribution in [-0.2, 0) is 5.60 Å². The second-order valence-corrected chi connectivity index (χ2v) is 6.03. The lowest BCUT2D eigenvalue weighted by molar-refractivity contribution is 0.0132. The molecule has 0 spiro atoms. The second-order valence-electron chi connectivity index (χ2n) is 6.03. The van der Waals surface area contributed by atoms with Crippen molar-refractivity contribution in [1.82, 2.24) is 9.78 Å². The molecule has 3 heteroatoms. The highest BCUT2D eigenvalue weighted by Gasteiger charge is 2.34. The average Bonchev–Trinajstić information content (AvgIpc) is 2.90. The van der Waals surface area contributed by atoms with Gasteiger partial charge in [0.2, 0.25) is 0 Å². The zero-order valence-electron chi connectivity index (χ0n) is 12.0. The van der Waals surface area contributed by atoms with Crippen molar-refractivity contribution in [1.29, 1.82) is 0 Å². The van der Waals surface area contributed by atoms with Crippen LogP contribution in [0.15, 0.2) is 42.6 Å². The lowest BCUT2D eigenvalue weighted by atomic mass is 9.90. The minimum absolute atomic E-state index is 0.706. The molecule has 3 rings (SSSR count). The van der Waals surface area contributed by atoms with E-state index in [-0.39, 0.29) is 0 Å². The van der Waals surface area contributed by atoms with Crippen molar-refractivity contribution in [3.63, 3.8) is 0 Å². The lowest BCUT2D eigenvalue weighted by Crippen LogP contribution is -2.28. The molecule has 0 bridgehead atoms. The highest BCUT2D eigenvalue weighted by molar-refractivity contribution is 5.34. The molecule has 1 N–H and O–H groups in total. The van der Waals surface area contributed by atoms with Gasteiger partial charge in [-0.3, -0.25) is 0 Å². The Kier molecular flexibility index (Phi) is 3.62. The molecule has 1 aromatic heterocycles. The number of nitrogens with zero attached hydrogens (tertiary/aromatic N) is 2. The van der Waals surface area contributed by atoms with Crippen LogP contribution in [-0.4, -0.2) is 14.9 Å². The fraction of sp³-hybridized carbons (Fsp3) is 0.471. The van der Waals surface area contributed by atoms with Crippen molar-refractivity contribution in [2.45, 2.75) is 44.6 Å². The molecule has 2 unspecified atom stereocenters. The van der Waals surface area contributed by atoms with Crippen LogP contribution in [0.2, 0.25) is 0 Å². The van der Waals surface area contributed by atoms with E-state index in [1.165, 1.54) is 6.42 Å². The molecule has 0 amide bonds. The third kappa shape index (κ3) is 2.50. The molecule has 1 aliphatic rings. The molecule has 1 aromatic carbocycles. The lowest BCUT2D eigenvalue weighted by Gasteiger charge is -2.27. The Labute approximate surface area is 120 Å². The van der Waals surface area contributed by atoms with E-state index in [4.69, 9.17) is 0 Å². The van der Waals surface area contributed by atoms with Gasteiger partial charge in [0.1, 0.15) is 5.60 Å². The minimum Gasteiger partial charge on any atom is -0.384 e. The fourth-order valence-electron chi connectivity index (χ4n) is 3.18. The first-order valence-electron chi connectivity index (χ1n) is 7.51. The van der Waals surface area contributed by atoms with Crippen LogP contribution in [0.4, 0.5) is 0 Å². The Hall–Kier alpha value is -1.61. The number of aromatic nitrogens is 2. The molecule has 106 valence electrons. The summed E-state index contributed by atoms with van der Waals surface area (Å²) in [6, 6.07) is 12.0. The molecule has 3 nitrogen and oxygen atoms in total. The number of benzene rings is 1. The quantitative estimate of drug-likeness (QED) is 0.846. The molecule has 1 saturated carbocycles. The number of hydrogen-bond donors (Lipinski definition) is 1. The van der Waals surface area contributed by atoms with Gasteiger partial charge in [-0.1, -0.05) is 31.5 Å². The molecule has 1 fully saturated rings. The highest BCUT2D eigenvalue weighted by atomic mass is 16.3. The van der Waals surface area contributed by atoms with Gasteiger partial charge in [-0.25, -0.2) is 4.68 Å². The van der Waals surface area contributed by atoms with Gasteiger partial charge in [-0.2, -0.15) is 5.10 Å². The summed E-state index contributed by atoms with van der Waals surface area (Å²) in [5, 5.41) is 15.5. The maximum absolute atomic E-state index is 11.1. The van der Waals surface area contributed by atoms with E-state index in [2.05, 4.69) is 12.0 Å². The van der Waals surface area contributed by atoms with Crippen LogP contribution < -0.4 is 0 Å². The summed E-state index contributed by atoms with van der Waals surface area (Å²) >= 11 is 0. The second kappa shape index (κ2) is 5.41. The van der Waals surface area contributed by atoms with Gasteiger partial charge >= 0.3 is 0 Å². The Morgan fingerprint density at radius 1 is 1.15 bits per heavy atom. The Morgan fingerprint density at radius 2 is 1.95 bits per heavy atom. The van der Waals surface area contributed by atoms with E-state index >= 15 is 0 Å². The third-order valence-electron chi connectivity index (χ3n) is 4.46. The van der Waals surface area contributed by atoms with Crippen LogP contribution in [0.25, 0.3) is 5.69 Å². The monoisotopic (exact) mass is 270 g/mol. The zero-order valence-corrected chi connectivity index (χ0v) is 12.0. The third-order valence-corrected chi connectivity index (χ3v) is 4.46. The Bertz CT molecular complexity index is 563. The normalized spacial score (nSPS) is 27.2. The van der Waals surface area contributed by atoms with E-state index in [0.29, 0.717) is 5.92 Å². The summed E-state index contributed by atoms with van der Waals surface area (Å²) in [5.74, 6) is 0.706. The van der Waals surface area contributed by atoms with Gasteiger partial charge in [0.05, 0.1) is 11.4 Å². The standard InChI is InChI=1S/C17H22N2O/c1-14-6-5-11-17(20,12-9-14)16-10-13-18-19(16)15-7-3-2-4-8-15/h2-4,7-8,10,13-14,20H,5-6,9,11-12H2,1H3. The van der Waals surface area contributed by atoms with Gasteiger partial charge < -0.3 is 5.11 Å². The van der Waals surface area contributed by atoms with E-state index in [1.54, 1.807) is 6.20 Å². The van der Waals surface area contributed by atoms with Gasteiger partial charge in [0.15, 0.2) is 0 Å². The summed E-state index contributed by atoms with van der Waals surface area (Å²) in [7, 11) is 0. The minimum atomic E-state index is -0.739. The molecule has 0 saturated heterocycles. The highest BCUT2D eigenvalue weighted by Crippen LogP contribution is 2.38. The van der Waals surface area contributed by atoms with Gasteiger partial charge in [-0.15, -0.1) is 0 Å². The van der Waals surface area contributed by atoms with E-state index < -0.39 is 5.60 Å². The van der Waals surface area contributed by atoms with E-state index in [1.807, 2.05) is 41.1 Å². The Balaban J connectivity index is 1.96. The maximum Gasteiger partial charge on any atom is 0.107 e. The summed E-state index contributed by atoms with van der Waals surface area (Å²) in [5.41, 5.74) is 1.20. The molecule has 2 atom stereocenters. The van der Waals surface area contributed by atoms with Crippen LogP contribution in [0.1, 0.15) is 44.7 Å². The largest absolute Gasteiger partial charge is 0.384 e. The number of hydrogen-bond acceptors (Lipinski definition) is 2. The molecule has 0 aliphatic heterocycles. The van der Waals surface area contributed by atoms with Crippen LogP contribution in [0.3, 0.4) is 0 Å². The van der Waals surface area contributed by atoms with Crippen LogP contribution >= 0.6 is 0 Å². The molecule has 1 heterocycles. The first kappa shape index (κ1) is 13.4. The predicted octanol–water partition coefficient (Wildman–Crippen LogP) is 3.66. The number of para-hydroxylation sites is 1. The van der Waals surface area contributed by atoms with Crippen molar-refractivity contribution in [2.24, 2.45) is 5.92 Å². The first-order chi connectivity index (χ1) is 9.69. The summed E-state index contributed by atoms with van der Waals surface area (Å²) in [6.45, 7) is 2.28. The zero-order chi connectivity index (χ0) is 14.0. The average molecular weight is 270 g/mol. The van der Waals surface area contributed by atoms with Crippen molar-refractivity contribution in [3.05, 3.63) is 48.3 Å².